The highest BCUT2D eigenvalue weighted by Gasteiger charge is 2.61. The van der Waals surface area contributed by atoms with Crippen molar-refractivity contribution in [2.45, 2.75) is 118 Å². The fourth-order valence-electron chi connectivity index (χ4n) is 10.6. The zero-order chi connectivity index (χ0) is 25.7. The summed E-state index contributed by atoms with van der Waals surface area (Å²) in [6.45, 7) is 12.6. The standard InChI is InChI=1S/C34H53FO/c1-22(2)7-6-8-23(3)29-15-16-30-28-14-11-26-20-32(36)25(19-24-9-12-27(35)13-10-24)21-34(26,5)31(28)17-18-33(29,30)4/h9-10,12-13,22-23,25-26,28-32,36H,6-8,11,14-21H2,1-5H3/t23-,25-,26+,28+,29-,30+,31+,32+,33-,34+/m1/s1. The van der Waals surface area contributed by atoms with Crippen LogP contribution in [0, 0.1) is 64.0 Å². The molecule has 1 nitrogen and oxygen atoms in total. The van der Waals surface area contributed by atoms with Crippen LogP contribution >= 0.6 is 0 Å². The topological polar surface area (TPSA) is 20.2 Å². The number of hydrogen-bond donors (Lipinski definition) is 1. The van der Waals surface area contributed by atoms with E-state index in [2.05, 4.69) is 34.6 Å². The molecule has 5 rings (SSSR count). The second-order valence-electron chi connectivity index (χ2n) is 14.8. The maximum absolute atomic E-state index is 13.5. The Kier molecular flexibility index (Phi) is 7.68. The fraction of sp³-hybridized carbons (Fsp3) is 0.824. The second kappa shape index (κ2) is 10.3. The summed E-state index contributed by atoms with van der Waals surface area (Å²) in [4.78, 5) is 0. The van der Waals surface area contributed by atoms with Crippen molar-refractivity contribution in [2.75, 3.05) is 0 Å². The smallest absolute Gasteiger partial charge is 0.123 e. The zero-order valence-corrected chi connectivity index (χ0v) is 23.8. The van der Waals surface area contributed by atoms with Gasteiger partial charge in [0.15, 0.2) is 0 Å². The summed E-state index contributed by atoms with van der Waals surface area (Å²) in [6.07, 6.45) is 15.5. The summed E-state index contributed by atoms with van der Waals surface area (Å²) >= 11 is 0. The minimum Gasteiger partial charge on any atom is -0.393 e. The van der Waals surface area contributed by atoms with Gasteiger partial charge in [-0.25, -0.2) is 4.39 Å². The third-order valence-corrected chi connectivity index (χ3v) is 12.4. The van der Waals surface area contributed by atoms with E-state index in [4.69, 9.17) is 0 Å². The van der Waals surface area contributed by atoms with E-state index in [1.165, 1.54) is 63.4 Å². The van der Waals surface area contributed by atoms with E-state index in [9.17, 15) is 9.50 Å². The lowest BCUT2D eigenvalue weighted by Crippen LogP contribution is -2.56. The molecule has 1 aromatic carbocycles. The molecule has 36 heavy (non-hydrogen) atoms. The van der Waals surface area contributed by atoms with Crippen LogP contribution in [0.1, 0.15) is 111 Å². The van der Waals surface area contributed by atoms with Crippen LogP contribution in [0.15, 0.2) is 24.3 Å². The Bertz CT molecular complexity index is 878. The van der Waals surface area contributed by atoms with Crippen LogP contribution in [-0.2, 0) is 6.42 Å². The van der Waals surface area contributed by atoms with Gasteiger partial charge < -0.3 is 5.11 Å². The molecule has 1 aromatic rings. The highest BCUT2D eigenvalue weighted by atomic mass is 19.1. The number of hydrogen-bond acceptors (Lipinski definition) is 1. The number of halogens is 1. The molecule has 2 heteroatoms. The van der Waals surface area contributed by atoms with Crippen molar-refractivity contribution in [3.8, 4) is 0 Å². The normalized spacial score (nSPS) is 43.1. The van der Waals surface area contributed by atoms with Gasteiger partial charge in [0, 0.05) is 0 Å². The molecule has 4 aliphatic carbocycles. The van der Waals surface area contributed by atoms with Gasteiger partial charge in [0.05, 0.1) is 6.10 Å². The van der Waals surface area contributed by atoms with Crippen LogP contribution in [0.2, 0.25) is 0 Å². The molecule has 0 saturated heterocycles. The summed E-state index contributed by atoms with van der Waals surface area (Å²) in [7, 11) is 0. The molecule has 202 valence electrons. The predicted molar refractivity (Wildman–Crippen MR) is 148 cm³/mol. The lowest BCUT2D eigenvalue weighted by molar-refractivity contribution is -0.144. The average molecular weight is 497 g/mol. The van der Waals surface area contributed by atoms with Crippen LogP contribution in [0.3, 0.4) is 0 Å². The maximum atomic E-state index is 13.5. The molecular weight excluding hydrogens is 443 g/mol. The van der Waals surface area contributed by atoms with Crippen LogP contribution in [0.5, 0.6) is 0 Å². The lowest BCUT2D eigenvalue weighted by atomic mass is 9.43. The third kappa shape index (κ3) is 4.83. The molecule has 0 unspecified atom stereocenters. The van der Waals surface area contributed by atoms with E-state index >= 15 is 0 Å². The lowest BCUT2D eigenvalue weighted by Gasteiger charge is -2.62. The summed E-state index contributed by atoms with van der Waals surface area (Å²) in [5.74, 6) is 6.06. The van der Waals surface area contributed by atoms with Crippen LogP contribution in [0.25, 0.3) is 0 Å². The predicted octanol–water partition coefficient (Wildman–Crippen LogP) is 9.08. The Balaban J connectivity index is 1.30. The van der Waals surface area contributed by atoms with Gasteiger partial charge in [-0.15, -0.1) is 0 Å². The minimum absolute atomic E-state index is 0.167. The Labute approximate surface area is 221 Å². The molecular formula is C34H53FO. The highest BCUT2D eigenvalue weighted by Crippen LogP contribution is 2.68. The summed E-state index contributed by atoms with van der Waals surface area (Å²) in [5.41, 5.74) is 2.08. The van der Waals surface area contributed by atoms with Crippen molar-refractivity contribution in [3.63, 3.8) is 0 Å². The van der Waals surface area contributed by atoms with Gasteiger partial charge in [-0.05, 0) is 134 Å². The number of aliphatic hydroxyl groups excluding tert-OH is 1. The zero-order valence-electron chi connectivity index (χ0n) is 23.8. The largest absolute Gasteiger partial charge is 0.393 e. The first kappa shape index (κ1) is 26.7. The van der Waals surface area contributed by atoms with Crippen molar-refractivity contribution in [1.82, 2.24) is 0 Å². The number of fused-ring (bicyclic) bond motifs is 5. The van der Waals surface area contributed by atoms with Gasteiger partial charge in [-0.1, -0.05) is 66.0 Å². The molecule has 0 aromatic heterocycles. The molecule has 0 spiro atoms. The molecule has 0 bridgehead atoms. The molecule has 1 N–H and O–H groups in total. The Hall–Kier alpha value is -0.890. The third-order valence-electron chi connectivity index (χ3n) is 12.4. The van der Waals surface area contributed by atoms with E-state index in [1.54, 1.807) is 12.1 Å². The van der Waals surface area contributed by atoms with Crippen LogP contribution < -0.4 is 0 Å². The molecule has 0 amide bonds. The van der Waals surface area contributed by atoms with Crippen molar-refractivity contribution in [1.29, 1.82) is 0 Å². The summed E-state index contributed by atoms with van der Waals surface area (Å²) < 4.78 is 13.5. The second-order valence-corrected chi connectivity index (χ2v) is 14.8. The first-order valence-electron chi connectivity index (χ1n) is 15.5. The Morgan fingerprint density at radius 3 is 2.36 bits per heavy atom. The van der Waals surface area contributed by atoms with Gasteiger partial charge in [-0.3, -0.25) is 0 Å². The van der Waals surface area contributed by atoms with Gasteiger partial charge in [0.2, 0.25) is 0 Å². The maximum Gasteiger partial charge on any atom is 0.123 e. The molecule has 10 atom stereocenters. The Morgan fingerprint density at radius 1 is 0.917 bits per heavy atom. The van der Waals surface area contributed by atoms with E-state index in [0.717, 1.165) is 54.8 Å². The minimum atomic E-state index is -0.207. The van der Waals surface area contributed by atoms with E-state index in [-0.39, 0.29) is 11.9 Å². The first-order chi connectivity index (χ1) is 17.1. The van der Waals surface area contributed by atoms with E-state index in [1.807, 2.05) is 12.1 Å². The van der Waals surface area contributed by atoms with Crippen LogP contribution in [0.4, 0.5) is 4.39 Å². The fourth-order valence-corrected chi connectivity index (χ4v) is 10.6. The number of aliphatic hydroxyl groups is 1. The summed E-state index contributed by atoms with van der Waals surface area (Å²) in [6, 6.07) is 7.00. The SMILES string of the molecule is CC(C)CCC[C@@H](C)[C@H]1CC[C@H]2[C@@H]3CC[C@H]4C[C@H](O)[C@H](Cc5ccc(F)cc5)C[C@]4(C)[C@H]3CC[C@]12C. The summed E-state index contributed by atoms with van der Waals surface area (Å²) in [5, 5.41) is 11.2. The van der Waals surface area contributed by atoms with Crippen molar-refractivity contribution < 1.29 is 9.50 Å². The first-order valence-corrected chi connectivity index (χ1v) is 15.5. The van der Waals surface area contributed by atoms with Crippen molar-refractivity contribution >= 4 is 0 Å². The number of rotatable bonds is 7. The highest BCUT2D eigenvalue weighted by molar-refractivity contribution is 5.18. The van der Waals surface area contributed by atoms with E-state index < -0.39 is 0 Å². The van der Waals surface area contributed by atoms with Gasteiger partial charge in [0.1, 0.15) is 5.82 Å². The molecule has 4 aliphatic rings. The van der Waals surface area contributed by atoms with Crippen LogP contribution in [-0.4, -0.2) is 11.2 Å². The Morgan fingerprint density at radius 2 is 1.64 bits per heavy atom. The quantitative estimate of drug-likeness (QED) is 0.399. The molecule has 0 heterocycles. The van der Waals surface area contributed by atoms with Crippen molar-refractivity contribution in [2.24, 2.45) is 58.2 Å². The number of benzene rings is 1. The van der Waals surface area contributed by atoms with Gasteiger partial charge >= 0.3 is 0 Å². The average Bonchev–Trinajstić information content (AvgIpc) is 3.18. The monoisotopic (exact) mass is 496 g/mol. The molecule has 4 saturated carbocycles. The van der Waals surface area contributed by atoms with Gasteiger partial charge in [-0.2, -0.15) is 0 Å². The van der Waals surface area contributed by atoms with Crippen molar-refractivity contribution in [3.05, 3.63) is 35.6 Å². The molecule has 0 radical (unpaired) electrons. The van der Waals surface area contributed by atoms with Gasteiger partial charge in [0.25, 0.3) is 0 Å². The molecule has 0 aliphatic heterocycles. The van der Waals surface area contributed by atoms with E-state index in [0.29, 0.717) is 22.7 Å². The molecule has 4 fully saturated rings.